The first-order valence-corrected chi connectivity index (χ1v) is 7.77. The second kappa shape index (κ2) is 4.30. The van der Waals surface area contributed by atoms with Gasteiger partial charge in [0.05, 0.1) is 15.2 Å². The highest BCUT2D eigenvalue weighted by atomic mass is 32.1. The Kier molecular flexibility index (Phi) is 2.58. The van der Waals surface area contributed by atoms with Gasteiger partial charge in [-0.1, -0.05) is 12.1 Å². The van der Waals surface area contributed by atoms with Crippen LogP contribution in [0, 0.1) is 5.92 Å². The third-order valence-electron chi connectivity index (χ3n) is 4.09. The molecule has 1 aliphatic carbocycles. The predicted octanol–water partition coefficient (Wildman–Crippen LogP) is 3.02. The fourth-order valence-corrected chi connectivity index (χ4v) is 3.91. The number of nitrogens with zero attached hydrogens (tertiary/aromatic N) is 2. The van der Waals surface area contributed by atoms with E-state index < -0.39 is 0 Å². The van der Waals surface area contributed by atoms with Crippen LogP contribution in [0.2, 0.25) is 0 Å². The van der Waals surface area contributed by atoms with Crippen molar-refractivity contribution in [2.75, 3.05) is 13.1 Å². The lowest BCUT2D eigenvalue weighted by Gasteiger charge is -2.15. The molecule has 2 aromatic rings. The summed E-state index contributed by atoms with van der Waals surface area (Å²) < 4.78 is 1.25. The number of amides is 1. The SMILES string of the molecule is O=C(C1CC1)N1CC[C@H](c2nc3ccccc3s2)C1. The van der Waals surface area contributed by atoms with Crippen molar-refractivity contribution in [2.45, 2.75) is 25.2 Å². The predicted molar refractivity (Wildman–Crippen MR) is 76.3 cm³/mol. The monoisotopic (exact) mass is 272 g/mol. The van der Waals surface area contributed by atoms with Crippen LogP contribution >= 0.6 is 11.3 Å². The van der Waals surface area contributed by atoms with Gasteiger partial charge in [0.25, 0.3) is 0 Å². The summed E-state index contributed by atoms with van der Waals surface area (Å²) in [5, 5.41) is 1.20. The standard InChI is InChI=1S/C15H16N2OS/c18-15(10-5-6-10)17-8-7-11(9-17)14-16-12-3-1-2-4-13(12)19-14/h1-4,10-11H,5-9H2/t11-/m0/s1. The molecule has 1 saturated heterocycles. The number of benzene rings is 1. The molecule has 98 valence electrons. The first-order valence-electron chi connectivity index (χ1n) is 6.95. The Morgan fingerprint density at radius 2 is 2.11 bits per heavy atom. The van der Waals surface area contributed by atoms with Crippen molar-refractivity contribution in [1.29, 1.82) is 0 Å². The summed E-state index contributed by atoms with van der Waals surface area (Å²) in [5.41, 5.74) is 1.09. The molecule has 1 aromatic carbocycles. The fraction of sp³-hybridized carbons (Fsp3) is 0.467. The van der Waals surface area contributed by atoms with E-state index >= 15 is 0 Å². The van der Waals surface area contributed by atoms with Gasteiger partial charge < -0.3 is 4.90 Å². The molecule has 2 heterocycles. The van der Waals surface area contributed by atoms with Crippen LogP contribution in [0.25, 0.3) is 10.2 Å². The normalized spacial score (nSPS) is 23.2. The lowest BCUT2D eigenvalue weighted by atomic mass is 10.1. The zero-order chi connectivity index (χ0) is 12.8. The molecule has 1 aromatic heterocycles. The van der Waals surface area contributed by atoms with Crippen LogP contribution in [0.4, 0.5) is 0 Å². The van der Waals surface area contributed by atoms with E-state index in [0.717, 1.165) is 37.9 Å². The Bertz CT molecular complexity index is 599. The summed E-state index contributed by atoms with van der Waals surface area (Å²) in [7, 11) is 0. The Morgan fingerprint density at radius 3 is 2.89 bits per heavy atom. The Balaban J connectivity index is 1.55. The smallest absolute Gasteiger partial charge is 0.225 e. The summed E-state index contributed by atoms with van der Waals surface area (Å²) in [6.07, 6.45) is 3.26. The van der Waals surface area contributed by atoms with Crippen molar-refractivity contribution >= 4 is 27.5 Å². The number of carbonyl (C=O) groups is 1. The molecule has 0 spiro atoms. The van der Waals surface area contributed by atoms with Gasteiger partial charge in [0, 0.05) is 24.9 Å². The molecule has 1 amide bonds. The fourth-order valence-electron chi connectivity index (χ4n) is 2.82. The average molecular weight is 272 g/mol. The molecule has 1 saturated carbocycles. The Morgan fingerprint density at radius 1 is 1.26 bits per heavy atom. The van der Waals surface area contributed by atoms with Gasteiger partial charge in [-0.25, -0.2) is 4.98 Å². The van der Waals surface area contributed by atoms with E-state index in [4.69, 9.17) is 4.98 Å². The van der Waals surface area contributed by atoms with Crippen LogP contribution in [-0.4, -0.2) is 28.9 Å². The molecule has 2 aliphatic rings. The molecule has 0 N–H and O–H groups in total. The van der Waals surface area contributed by atoms with Crippen molar-refractivity contribution in [1.82, 2.24) is 9.88 Å². The quantitative estimate of drug-likeness (QED) is 0.842. The lowest BCUT2D eigenvalue weighted by Crippen LogP contribution is -2.29. The van der Waals surface area contributed by atoms with E-state index in [2.05, 4.69) is 23.1 Å². The van der Waals surface area contributed by atoms with Gasteiger partial charge in [-0.2, -0.15) is 0 Å². The molecule has 1 atom stereocenters. The minimum atomic E-state index is 0.342. The van der Waals surface area contributed by atoms with Crippen molar-refractivity contribution in [2.24, 2.45) is 5.92 Å². The van der Waals surface area contributed by atoms with Crippen LogP contribution in [0.5, 0.6) is 0 Å². The first-order chi connectivity index (χ1) is 9.31. The van der Waals surface area contributed by atoms with E-state index in [1.54, 1.807) is 11.3 Å². The van der Waals surface area contributed by atoms with Crippen molar-refractivity contribution < 1.29 is 4.79 Å². The van der Waals surface area contributed by atoms with Gasteiger partial charge in [-0.15, -0.1) is 11.3 Å². The zero-order valence-corrected chi connectivity index (χ0v) is 11.5. The molecule has 2 fully saturated rings. The van der Waals surface area contributed by atoms with Crippen LogP contribution in [-0.2, 0) is 4.79 Å². The third kappa shape index (κ3) is 2.04. The number of hydrogen-bond acceptors (Lipinski definition) is 3. The molecule has 4 rings (SSSR count). The summed E-state index contributed by atoms with van der Waals surface area (Å²) in [5.74, 6) is 1.16. The van der Waals surface area contributed by atoms with Crippen LogP contribution in [0.15, 0.2) is 24.3 Å². The number of para-hydroxylation sites is 1. The third-order valence-corrected chi connectivity index (χ3v) is 5.29. The van der Waals surface area contributed by atoms with E-state index in [1.807, 2.05) is 6.07 Å². The molecule has 4 heteroatoms. The number of carbonyl (C=O) groups excluding carboxylic acids is 1. The van der Waals surface area contributed by atoms with Crippen LogP contribution < -0.4 is 0 Å². The van der Waals surface area contributed by atoms with Gasteiger partial charge in [0.1, 0.15) is 0 Å². The van der Waals surface area contributed by atoms with Crippen molar-refractivity contribution in [3.8, 4) is 0 Å². The second-order valence-corrected chi connectivity index (χ2v) is 6.63. The van der Waals surface area contributed by atoms with E-state index in [1.165, 1.54) is 9.71 Å². The summed E-state index contributed by atoms with van der Waals surface area (Å²) in [6.45, 7) is 1.78. The largest absolute Gasteiger partial charge is 0.342 e. The maximum atomic E-state index is 12.1. The summed E-state index contributed by atoms with van der Waals surface area (Å²) in [6, 6.07) is 8.28. The van der Waals surface area contributed by atoms with Gasteiger partial charge >= 0.3 is 0 Å². The van der Waals surface area contributed by atoms with Gasteiger partial charge in [0.15, 0.2) is 0 Å². The second-order valence-electron chi connectivity index (χ2n) is 5.56. The zero-order valence-electron chi connectivity index (χ0n) is 10.7. The molecule has 0 bridgehead atoms. The Labute approximate surface area is 116 Å². The minimum Gasteiger partial charge on any atom is -0.342 e. The van der Waals surface area contributed by atoms with E-state index in [0.29, 0.717) is 17.7 Å². The number of fused-ring (bicyclic) bond motifs is 1. The van der Waals surface area contributed by atoms with Gasteiger partial charge in [-0.3, -0.25) is 4.79 Å². The van der Waals surface area contributed by atoms with Crippen molar-refractivity contribution in [3.05, 3.63) is 29.3 Å². The Hall–Kier alpha value is -1.42. The number of aromatic nitrogens is 1. The number of rotatable bonds is 2. The molecule has 3 nitrogen and oxygen atoms in total. The highest BCUT2D eigenvalue weighted by Crippen LogP contribution is 2.37. The van der Waals surface area contributed by atoms with Crippen molar-refractivity contribution in [3.63, 3.8) is 0 Å². The molecular weight excluding hydrogens is 256 g/mol. The highest BCUT2D eigenvalue weighted by Gasteiger charge is 2.37. The average Bonchev–Trinajstić information content (AvgIpc) is 3.01. The summed E-state index contributed by atoms with van der Waals surface area (Å²) in [4.78, 5) is 18.8. The molecule has 1 aliphatic heterocycles. The van der Waals surface area contributed by atoms with E-state index in [9.17, 15) is 4.79 Å². The number of hydrogen-bond donors (Lipinski definition) is 0. The van der Waals surface area contributed by atoms with Crippen LogP contribution in [0.3, 0.4) is 0 Å². The molecule has 19 heavy (non-hydrogen) atoms. The lowest BCUT2D eigenvalue weighted by molar-refractivity contribution is -0.131. The first kappa shape index (κ1) is 11.4. The minimum absolute atomic E-state index is 0.342. The van der Waals surface area contributed by atoms with Gasteiger partial charge in [-0.05, 0) is 31.4 Å². The van der Waals surface area contributed by atoms with Crippen LogP contribution in [0.1, 0.15) is 30.2 Å². The topological polar surface area (TPSA) is 33.2 Å². The van der Waals surface area contributed by atoms with Gasteiger partial charge in [0.2, 0.25) is 5.91 Å². The summed E-state index contributed by atoms with van der Waals surface area (Å²) >= 11 is 1.78. The maximum Gasteiger partial charge on any atom is 0.225 e. The molecule has 0 radical (unpaired) electrons. The maximum absolute atomic E-state index is 12.1. The number of likely N-dealkylation sites (tertiary alicyclic amines) is 1. The highest BCUT2D eigenvalue weighted by molar-refractivity contribution is 7.18. The number of thiazole rings is 1. The molecule has 0 unspecified atom stereocenters. The van der Waals surface area contributed by atoms with E-state index in [-0.39, 0.29) is 0 Å². The molecular formula is C15H16N2OS.